The maximum absolute atomic E-state index is 12.1. The van der Waals surface area contributed by atoms with Gasteiger partial charge in [-0.25, -0.2) is 0 Å². The molecule has 1 amide bonds. The average molecular weight is 356 g/mol. The van der Waals surface area contributed by atoms with Crippen molar-refractivity contribution in [2.75, 3.05) is 26.8 Å². The van der Waals surface area contributed by atoms with Crippen molar-refractivity contribution in [1.29, 1.82) is 0 Å². The molecule has 0 radical (unpaired) electrons. The van der Waals surface area contributed by atoms with E-state index in [2.05, 4.69) is 15.9 Å². The number of benzene rings is 1. The van der Waals surface area contributed by atoms with E-state index in [1.54, 1.807) is 17.0 Å². The van der Waals surface area contributed by atoms with Crippen LogP contribution in [0.5, 0.6) is 5.75 Å². The molecule has 0 aliphatic carbocycles. The fourth-order valence-electron chi connectivity index (χ4n) is 2.33. The van der Waals surface area contributed by atoms with E-state index >= 15 is 0 Å². The molecule has 0 unspecified atom stereocenters. The Hall–Kier alpha value is -1.56. The van der Waals surface area contributed by atoms with E-state index in [0.29, 0.717) is 18.8 Å². The van der Waals surface area contributed by atoms with Crippen molar-refractivity contribution >= 4 is 27.8 Å². The highest BCUT2D eigenvalue weighted by Gasteiger charge is 2.29. The lowest BCUT2D eigenvalue weighted by molar-refractivity contribution is -0.149. The van der Waals surface area contributed by atoms with Crippen LogP contribution in [0.15, 0.2) is 28.7 Å². The number of likely N-dealkylation sites (tertiary alicyclic amines) is 1. The van der Waals surface area contributed by atoms with Gasteiger partial charge in [0.05, 0.1) is 13.0 Å². The van der Waals surface area contributed by atoms with Crippen molar-refractivity contribution in [1.82, 2.24) is 4.90 Å². The molecule has 1 saturated heterocycles. The Morgan fingerprint density at radius 1 is 1.33 bits per heavy atom. The van der Waals surface area contributed by atoms with Gasteiger partial charge in [-0.05, 0) is 37.1 Å². The molecule has 0 spiro atoms. The van der Waals surface area contributed by atoms with Gasteiger partial charge in [0, 0.05) is 17.6 Å². The third kappa shape index (κ3) is 4.46. The van der Waals surface area contributed by atoms with Gasteiger partial charge in [-0.1, -0.05) is 15.9 Å². The van der Waals surface area contributed by atoms with Crippen LogP contribution < -0.4 is 4.74 Å². The molecule has 1 aromatic rings. The molecule has 2 rings (SSSR count). The normalized spacial score (nSPS) is 18.2. The first kappa shape index (κ1) is 15.8. The fourth-order valence-corrected chi connectivity index (χ4v) is 2.59. The molecule has 6 heteroatoms. The zero-order valence-electron chi connectivity index (χ0n) is 11.9. The molecule has 114 valence electrons. The quantitative estimate of drug-likeness (QED) is 0.777. The Labute approximate surface area is 132 Å². The van der Waals surface area contributed by atoms with Crippen LogP contribution >= 0.6 is 15.9 Å². The average Bonchev–Trinajstić information content (AvgIpc) is 2.53. The van der Waals surface area contributed by atoms with Crippen LogP contribution in [-0.4, -0.2) is 43.6 Å². The van der Waals surface area contributed by atoms with Crippen molar-refractivity contribution in [3.63, 3.8) is 0 Å². The SMILES string of the molecule is COC(=O)[C@H]1CCCN(C(=O)COc2ccc(Br)cc2)C1. The molecule has 1 aliphatic rings. The number of esters is 1. The van der Waals surface area contributed by atoms with E-state index in [-0.39, 0.29) is 24.4 Å². The fraction of sp³-hybridized carbons (Fsp3) is 0.467. The smallest absolute Gasteiger partial charge is 0.310 e. The molecular formula is C15H18BrNO4. The molecular weight excluding hydrogens is 338 g/mol. The highest BCUT2D eigenvalue weighted by atomic mass is 79.9. The number of ether oxygens (including phenoxy) is 2. The van der Waals surface area contributed by atoms with Crippen LogP contribution in [0.4, 0.5) is 0 Å². The van der Waals surface area contributed by atoms with Gasteiger partial charge in [0.2, 0.25) is 0 Å². The highest BCUT2D eigenvalue weighted by Crippen LogP contribution is 2.19. The Morgan fingerprint density at radius 2 is 2.05 bits per heavy atom. The summed E-state index contributed by atoms with van der Waals surface area (Å²) in [5.41, 5.74) is 0. The van der Waals surface area contributed by atoms with Crippen molar-refractivity contribution < 1.29 is 19.1 Å². The molecule has 1 fully saturated rings. The lowest BCUT2D eigenvalue weighted by Gasteiger charge is -2.31. The minimum Gasteiger partial charge on any atom is -0.484 e. The van der Waals surface area contributed by atoms with Gasteiger partial charge in [-0.15, -0.1) is 0 Å². The maximum atomic E-state index is 12.1. The van der Waals surface area contributed by atoms with E-state index in [1.807, 2.05) is 12.1 Å². The first-order chi connectivity index (χ1) is 10.1. The highest BCUT2D eigenvalue weighted by molar-refractivity contribution is 9.10. The van der Waals surface area contributed by atoms with Crippen LogP contribution in [-0.2, 0) is 14.3 Å². The molecule has 5 nitrogen and oxygen atoms in total. The molecule has 0 aromatic heterocycles. The molecule has 0 saturated carbocycles. The Bertz CT molecular complexity index is 503. The summed E-state index contributed by atoms with van der Waals surface area (Å²) in [7, 11) is 1.37. The van der Waals surface area contributed by atoms with Crippen molar-refractivity contribution in [2.45, 2.75) is 12.8 Å². The van der Waals surface area contributed by atoms with Crippen molar-refractivity contribution in [3.8, 4) is 5.75 Å². The predicted molar refractivity (Wildman–Crippen MR) is 81.0 cm³/mol. The van der Waals surface area contributed by atoms with E-state index in [1.165, 1.54) is 7.11 Å². The maximum Gasteiger partial charge on any atom is 0.310 e. The van der Waals surface area contributed by atoms with Crippen LogP contribution in [0, 0.1) is 5.92 Å². The van der Waals surface area contributed by atoms with Crippen LogP contribution in [0.1, 0.15) is 12.8 Å². The van der Waals surface area contributed by atoms with Gasteiger partial charge in [-0.3, -0.25) is 9.59 Å². The zero-order chi connectivity index (χ0) is 15.2. The Morgan fingerprint density at radius 3 is 2.71 bits per heavy atom. The summed E-state index contributed by atoms with van der Waals surface area (Å²) in [6, 6.07) is 7.30. The second-order valence-electron chi connectivity index (χ2n) is 4.94. The van der Waals surface area contributed by atoms with E-state index in [4.69, 9.17) is 9.47 Å². The number of amides is 1. The van der Waals surface area contributed by atoms with E-state index in [0.717, 1.165) is 17.3 Å². The number of nitrogens with zero attached hydrogens (tertiary/aromatic N) is 1. The van der Waals surface area contributed by atoms with Gasteiger partial charge < -0.3 is 14.4 Å². The van der Waals surface area contributed by atoms with E-state index < -0.39 is 0 Å². The van der Waals surface area contributed by atoms with Crippen molar-refractivity contribution in [2.24, 2.45) is 5.92 Å². The minimum atomic E-state index is -0.249. The summed E-state index contributed by atoms with van der Waals surface area (Å²) < 4.78 is 11.2. The van der Waals surface area contributed by atoms with Crippen molar-refractivity contribution in [3.05, 3.63) is 28.7 Å². The topological polar surface area (TPSA) is 55.8 Å². The van der Waals surface area contributed by atoms with Gasteiger partial charge in [-0.2, -0.15) is 0 Å². The summed E-state index contributed by atoms with van der Waals surface area (Å²) in [6.07, 6.45) is 1.58. The Kier molecular flexibility index (Phi) is 5.61. The Balaban J connectivity index is 1.85. The molecule has 1 aromatic carbocycles. The lowest BCUT2D eigenvalue weighted by Crippen LogP contribution is -2.44. The number of halogens is 1. The van der Waals surface area contributed by atoms with Gasteiger partial charge in [0.1, 0.15) is 5.75 Å². The number of piperidine rings is 1. The number of hydrogen-bond donors (Lipinski definition) is 0. The zero-order valence-corrected chi connectivity index (χ0v) is 13.5. The number of hydrogen-bond acceptors (Lipinski definition) is 4. The lowest BCUT2D eigenvalue weighted by atomic mass is 9.98. The summed E-state index contributed by atoms with van der Waals surface area (Å²) in [4.78, 5) is 25.4. The summed E-state index contributed by atoms with van der Waals surface area (Å²) in [5.74, 6) is 0.0707. The van der Waals surface area contributed by atoms with Gasteiger partial charge in [0.15, 0.2) is 6.61 Å². The number of rotatable bonds is 4. The first-order valence-electron chi connectivity index (χ1n) is 6.84. The second kappa shape index (κ2) is 7.45. The molecule has 0 N–H and O–H groups in total. The summed E-state index contributed by atoms with van der Waals surface area (Å²) in [6.45, 7) is 1.06. The largest absolute Gasteiger partial charge is 0.484 e. The van der Waals surface area contributed by atoms with Crippen LogP contribution in [0.2, 0.25) is 0 Å². The van der Waals surface area contributed by atoms with Gasteiger partial charge in [0.25, 0.3) is 5.91 Å². The second-order valence-corrected chi connectivity index (χ2v) is 5.86. The molecule has 21 heavy (non-hydrogen) atoms. The number of carbonyl (C=O) groups excluding carboxylic acids is 2. The number of carbonyl (C=O) groups is 2. The molecule has 1 heterocycles. The standard InChI is InChI=1S/C15H18BrNO4/c1-20-15(19)11-3-2-8-17(9-11)14(18)10-21-13-6-4-12(16)5-7-13/h4-7,11H,2-3,8-10H2,1H3/t11-/m0/s1. The molecule has 1 atom stereocenters. The number of methoxy groups -OCH3 is 1. The minimum absolute atomic E-state index is 0.0183. The molecule has 0 bridgehead atoms. The predicted octanol–water partition coefficient (Wildman–Crippen LogP) is 2.24. The summed E-state index contributed by atoms with van der Waals surface area (Å²) in [5, 5.41) is 0. The summed E-state index contributed by atoms with van der Waals surface area (Å²) >= 11 is 3.34. The molecule has 1 aliphatic heterocycles. The third-order valence-corrected chi connectivity index (χ3v) is 4.01. The first-order valence-corrected chi connectivity index (χ1v) is 7.63. The van der Waals surface area contributed by atoms with Crippen LogP contribution in [0.3, 0.4) is 0 Å². The monoisotopic (exact) mass is 355 g/mol. The van der Waals surface area contributed by atoms with E-state index in [9.17, 15) is 9.59 Å². The third-order valence-electron chi connectivity index (χ3n) is 3.48. The van der Waals surface area contributed by atoms with Crippen LogP contribution in [0.25, 0.3) is 0 Å². The van der Waals surface area contributed by atoms with Gasteiger partial charge >= 0.3 is 5.97 Å².